The van der Waals surface area contributed by atoms with Crippen molar-refractivity contribution in [3.8, 4) is 6.07 Å². The number of nitrogens with zero attached hydrogens (tertiary/aromatic N) is 4. The molecule has 1 saturated heterocycles. The van der Waals surface area contributed by atoms with E-state index in [0.717, 1.165) is 22.5 Å². The highest BCUT2D eigenvalue weighted by molar-refractivity contribution is 7.17. The lowest BCUT2D eigenvalue weighted by Gasteiger charge is -2.22. The van der Waals surface area contributed by atoms with Crippen molar-refractivity contribution in [1.82, 2.24) is 9.97 Å². The number of aromatic nitrogens is 2. The molecular weight excluding hydrogens is 520 g/mol. The molecule has 0 bridgehead atoms. The first-order chi connectivity index (χ1) is 18.5. The summed E-state index contributed by atoms with van der Waals surface area (Å²) in [6.45, 7) is 10.3. The van der Waals surface area contributed by atoms with Gasteiger partial charge in [0.15, 0.2) is 5.82 Å². The molecule has 0 saturated carbocycles. The molecule has 2 atom stereocenters. The number of thiophene rings is 1. The molecule has 39 heavy (non-hydrogen) atoms. The smallest absolute Gasteiger partial charge is 0.226 e. The maximum Gasteiger partial charge on any atom is 0.226 e. The van der Waals surface area contributed by atoms with E-state index in [9.17, 15) is 10.4 Å². The van der Waals surface area contributed by atoms with Gasteiger partial charge in [-0.15, -0.1) is 11.3 Å². The predicted molar refractivity (Wildman–Crippen MR) is 150 cm³/mol. The third-order valence-corrected chi connectivity index (χ3v) is 9.04. The Morgan fingerprint density at radius 2 is 2.10 bits per heavy atom. The van der Waals surface area contributed by atoms with Gasteiger partial charge in [0, 0.05) is 41.7 Å². The van der Waals surface area contributed by atoms with E-state index in [1.165, 1.54) is 6.08 Å². The molecule has 2 aliphatic rings. The van der Waals surface area contributed by atoms with E-state index >= 15 is 8.78 Å². The molecule has 0 spiro atoms. The number of anilines is 2. The van der Waals surface area contributed by atoms with Gasteiger partial charge in [-0.3, -0.25) is 0 Å². The van der Waals surface area contributed by atoms with E-state index in [0.29, 0.717) is 47.5 Å². The first-order valence-electron chi connectivity index (χ1n) is 12.9. The van der Waals surface area contributed by atoms with Crippen molar-refractivity contribution in [3.63, 3.8) is 0 Å². The Balaban J connectivity index is 1.82. The highest BCUT2D eigenvalue weighted by Gasteiger charge is 2.40. The number of hydrogen-bond donors (Lipinski definition) is 2. The number of β-amino-alcohol motifs (C(OH)–C–C–N with tert-alkyl or cyclic N) is 1. The molecule has 3 N–H and O–H groups in total. The van der Waals surface area contributed by atoms with Crippen molar-refractivity contribution >= 4 is 44.6 Å². The molecule has 2 aromatic heterocycles. The largest absolute Gasteiger partial charge is 0.389 e. The van der Waals surface area contributed by atoms with Gasteiger partial charge in [0.25, 0.3) is 0 Å². The van der Waals surface area contributed by atoms with Gasteiger partial charge in [-0.05, 0) is 43.9 Å². The third-order valence-electron chi connectivity index (χ3n) is 8.01. The van der Waals surface area contributed by atoms with Gasteiger partial charge >= 0.3 is 0 Å². The van der Waals surface area contributed by atoms with E-state index in [-0.39, 0.29) is 45.7 Å². The molecule has 5 rings (SSSR count). The lowest BCUT2D eigenvalue weighted by atomic mass is 9.85. The molecule has 4 heterocycles. The van der Waals surface area contributed by atoms with Crippen LogP contribution in [0.1, 0.15) is 73.7 Å². The zero-order valence-corrected chi connectivity index (χ0v) is 23.5. The topological polar surface area (TPSA) is 108 Å². The van der Waals surface area contributed by atoms with Crippen LogP contribution in [0, 0.1) is 23.1 Å². The molecule has 2 unspecified atom stereocenters. The number of ether oxygens (including phenoxy) is 1. The van der Waals surface area contributed by atoms with Gasteiger partial charge < -0.3 is 20.5 Å². The highest BCUT2D eigenvalue weighted by Crippen LogP contribution is 2.47. The lowest BCUT2D eigenvalue weighted by molar-refractivity contribution is 0.0443. The Morgan fingerprint density at radius 3 is 2.72 bits per heavy atom. The quantitative estimate of drug-likeness (QED) is 0.395. The second kappa shape index (κ2) is 9.97. The number of halogens is 2. The van der Waals surface area contributed by atoms with Crippen LogP contribution in [0.15, 0.2) is 17.8 Å². The zero-order valence-electron chi connectivity index (χ0n) is 22.7. The van der Waals surface area contributed by atoms with Gasteiger partial charge in [-0.1, -0.05) is 25.5 Å². The third kappa shape index (κ3) is 4.29. The molecule has 0 radical (unpaired) electrons. The average Bonchev–Trinajstić information content (AvgIpc) is 3.60. The molecule has 3 aromatic rings. The summed E-state index contributed by atoms with van der Waals surface area (Å²) in [5, 5.41) is 21.4. The number of aliphatic hydroxyl groups is 1. The van der Waals surface area contributed by atoms with Crippen molar-refractivity contribution in [2.75, 3.05) is 23.7 Å². The van der Waals surface area contributed by atoms with Crippen LogP contribution >= 0.6 is 11.3 Å². The lowest BCUT2D eigenvalue weighted by Crippen LogP contribution is -2.33. The summed E-state index contributed by atoms with van der Waals surface area (Å²) in [4.78, 5) is 11.2. The van der Waals surface area contributed by atoms with Crippen LogP contribution < -0.4 is 10.6 Å². The second-order valence-electron chi connectivity index (χ2n) is 10.5. The van der Waals surface area contributed by atoms with Gasteiger partial charge in [-0.25, -0.2) is 18.7 Å². The molecule has 1 aromatic carbocycles. The number of allylic oxidation sites excluding steroid dienone is 2. The van der Waals surface area contributed by atoms with Crippen LogP contribution in [-0.2, 0) is 18.0 Å². The van der Waals surface area contributed by atoms with Gasteiger partial charge in [0.05, 0.1) is 29.3 Å². The number of benzene rings is 1. The van der Waals surface area contributed by atoms with E-state index < -0.39 is 17.2 Å². The molecule has 1 fully saturated rings. The van der Waals surface area contributed by atoms with Crippen LogP contribution in [0.3, 0.4) is 0 Å². The predicted octanol–water partition coefficient (Wildman–Crippen LogP) is 6.08. The molecule has 2 aliphatic heterocycles. The monoisotopic (exact) mass is 551 g/mol. The van der Waals surface area contributed by atoms with Crippen molar-refractivity contribution in [1.29, 1.82) is 5.26 Å². The van der Waals surface area contributed by atoms with E-state index in [4.69, 9.17) is 10.5 Å². The van der Waals surface area contributed by atoms with Crippen LogP contribution in [0.2, 0.25) is 0 Å². The minimum atomic E-state index is -0.915. The molecule has 204 valence electrons. The Hall–Kier alpha value is -3.39. The van der Waals surface area contributed by atoms with Crippen molar-refractivity contribution in [2.24, 2.45) is 5.92 Å². The van der Waals surface area contributed by atoms with E-state index in [2.05, 4.69) is 16.0 Å². The molecule has 0 amide bonds. The zero-order chi connectivity index (χ0) is 28.2. The minimum Gasteiger partial charge on any atom is -0.389 e. The van der Waals surface area contributed by atoms with Gasteiger partial charge in [-0.2, -0.15) is 5.26 Å². The van der Waals surface area contributed by atoms with Crippen LogP contribution in [0.25, 0.3) is 22.3 Å². The highest BCUT2D eigenvalue weighted by atomic mass is 32.1. The number of fused-ring (bicyclic) bond motifs is 3. The van der Waals surface area contributed by atoms with Gasteiger partial charge in [0.2, 0.25) is 5.95 Å². The van der Waals surface area contributed by atoms with Crippen molar-refractivity contribution in [3.05, 3.63) is 56.4 Å². The summed E-state index contributed by atoms with van der Waals surface area (Å²) in [7, 11) is 0. The van der Waals surface area contributed by atoms with E-state index in [1.807, 2.05) is 25.7 Å². The maximum absolute atomic E-state index is 16.8. The number of hydrogen-bond acceptors (Lipinski definition) is 8. The number of rotatable bonds is 5. The number of nitrogens with two attached hydrogens (primary N) is 1. The number of nitriles is 1. The minimum absolute atomic E-state index is 0.0132. The van der Waals surface area contributed by atoms with Crippen LogP contribution in [0.5, 0.6) is 0 Å². The fourth-order valence-corrected chi connectivity index (χ4v) is 6.42. The van der Waals surface area contributed by atoms with Crippen LogP contribution in [0.4, 0.5) is 19.7 Å². The Kier molecular flexibility index (Phi) is 6.95. The summed E-state index contributed by atoms with van der Waals surface area (Å²) in [5.41, 5.74) is 8.68. The maximum atomic E-state index is 16.8. The molecule has 7 nitrogen and oxygen atoms in total. The fourth-order valence-electron chi connectivity index (χ4n) is 5.43. The SMILES string of the molecule is C/C=C(/F)c1sc(N)c(C#N)c1/C(=C(\C)CC)c1c2c(c3cnc(N4CC(C)C(C)(O)C4)nc3c1F)COC2. The molecular formula is C29H31F2N5O2S. The van der Waals surface area contributed by atoms with E-state index in [1.54, 1.807) is 20.0 Å². The van der Waals surface area contributed by atoms with Gasteiger partial charge in [0.1, 0.15) is 22.4 Å². The summed E-state index contributed by atoms with van der Waals surface area (Å²) >= 11 is 0.979. The normalized spacial score (nSPS) is 21.9. The Bertz CT molecular complexity index is 1600. The first-order valence-corrected chi connectivity index (χ1v) is 13.8. The Labute approximate surface area is 230 Å². The second-order valence-corrected chi connectivity index (χ2v) is 11.6. The fraction of sp³-hybridized carbons (Fsp3) is 0.414. The summed E-state index contributed by atoms with van der Waals surface area (Å²) < 4.78 is 37.8. The first kappa shape index (κ1) is 27.2. The van der Waals surface area contributed by atoms with Crippen molar-refractivity contribution < 1.29 is 18.6 Å². The molecule has 0 aliphatic carbocycles. The van der Waals surface area contributed by atoms with Crippen molar-refractivity contribution in [2.45, 2.75) is 59.9 Å². The average molecular weight is 552 g/mol. The summed E-state index contributed by atoms with van der Waals surface area (Å²) in [5.74, 6) is -0.800. The number of nitrogen functional groups attached to an aromatic ring is 1. The summed E-state index contributed by atoms with van der Waals surface area (Å²) in [6.07, 6.45) is 3.46. The molecule has 10 heteroatoms. The van der Waals surface area contributed by atoms with Crippen LogP contribution in [-0.4, -0.2) is 33.8 Å². The Morgan fingerprint density at radius 1 is 1.38 bits per heavy atom. The standard InChI is InChI=1S/C29H31F2N5O2S/c1-6-14(3)21(23-16(8-32)27(33)39-26(23)20(30)7-2)22-19-12-38-11-18(19)17-9-34-28(35-25(17)24(22)31)36-10-15(4)29(5,37)13-36/h7,9,15,37H,6,10-13,33H2,1-5H3/b20-7+,21-14+. The summed E-state index contributed by atoms with van der Waals surface area (Å²) in [6, 6.07) is 2.12.